The Bertz CT molecular complexity index is 1080. The third-order valence-corrected chi connectivity index (χ3v) is 5.50. The standard InChI is InChI=1S/C19H16Cl2F2N4O/c1-9-16-11(18(22)23)7-14(10-5-6-10)25-19(16)27(26-9)8-15(28)24-13-4-2-3-12(20)17(13)21/h2-4,7,10,18H,5-6,8H2,1H3,(H,24,28). The monoisotopic (exact) mass is 424 g/mol. The van der Waals surface area contributed by atoms with Crippen molar-refractivity contribution >= 4 is 45.8 Å². The number of aromatic nitrogens is 3. The van der Waals surface area contributed by atoms with Crippen molar-refractivity contribution < 1.29 is 13.6 Å². The summed E-state index contributed by atoms with van der Waals surface area (Å²) in [4.78, 5) is 17.0. The van der Waals surface area contributed by atoms with E-state index in [0.717, 1.165) is 12.8 Å². The molecule has 0 spiro atoms. The summed E-state index contributed by atoms with van der Waals surface area (Å²) < 4.78 is 28.6. The van der Waals surface area contributed by atoms with Crippen LogP contribution in [0.3, 0.4) is 0 Å². The lowest BCUT2D eigenvalue weighted by Gasteiger charge is -2.10. The van der Waals surface area contributed by atoms with Crippen LogP contribution < -0.4 is 5.32 Å². The molecule has 1 amide bonds. The van der Waals surface area contributed by atoms with Gasteiger partial charge in [-0.1, -0.05) is 29.3 Å². The van der Waals surface area contributed by atoms with Crippen LogP contribution >= 0.6 is 23.2 Å². The molecule has 2 heterocycles. The van der Waals surface area contributed by atoms with Gasteiger partial charge in [-0.05, 0) is 38.0 Å². The van der Waals surface area contributed by atoms with Crippen molar-refractivity contribution in [3.8, 4) is 0 Å². The molecule has 146 valence electrons. The van der Waals surface area contributed by atoms with Gasteiger partial charge in [-0.2, -0.15) is 5.10 Å². The average Bonchev–Trinajstić information content (AvgIpc) is 3.44. The maximum Gasteiger partial charge on any atom is 0.264 e. The third-order valence-electron chi connectivity index (χ3n) is 4.68. The van der Waals surface area contributed by atoms with Crippen molar-refractivity contribution in [1.82, 2.24) is 14.8 Å². The molecule has 9 heteroatoms. The minimum absolute atomic E-state index is 0.0889. The van der Waals surface area contributed by atoms with Crippen LogP contribution in [0.4, 0.5) is 14.5 Å². The number of aryl methyl sites for hydroxylation is 1. The largest absolute Gasteiger partial charge is 0.323 e. The lowest BCUT2D eigenvalue weighted by Crippen LogP contribution is -2.20. The molecule has 1 aliphatic carbocycles. The second-order valence-electron chi connectivity index (χ2n) is 6.80. The van der Waals surface area contributed by atoms with E-state index in [0.29, 0.717) is 33.1 Å². The zero-order valence-corrected chi connectivity index (χ0v) is 16.4. The van der Waals surface area contributed by atoms with Crippen molar-refractivity contribution in [2.24, 2.45) is 0 Å². The average molecular weight is 425 g/mol. The van der Waals surface area contributed by atoms with E-state index in [9.17, 15) is 13.6 Å². The second-order valence-corrected chi connectivity index (χ2v) is 7.59. The van der Waals surface area contributed by atoms with Crippen LogP contribution in [0.15, 0.2) is 24.3 Å². The number of alkyl halides is 2. The predicted octanol–water partition coefficient (Wildman–Crippen LogP) is 5.50. The number of halogens is 4. The van der Waals surface area contributed by atoms with E-state index in [-0.39, 0.29) is 23.0 Å². The Morgan fingerprint density at radius 2 is 2.11 bits per heavy atom. The molecule has 0 radical (unpaired) electrons. The number of benzene rings is 1. The molecule has 2 aromatic heterocycles. The Morgan fingerprint density at radius 1 is 1.36 bits per heavy atom. The molecule has 0 atom stereocenters. The van der Waals surface area contributed by atoms with Crippen molar-refractivity contribution in [3.05, 3.63) is 51.3 Å². The first kappa shape index (κ1) is 19.1. The molecule has 0 aliphatic heterocycles. The van der Waals surface area contributed by atoms with Crippen LogP contribution in [0.5, 0.6) is 0 Å². The number of nitrogens with zero attached hydrogens (tertiary/aromatic N) is 3. The number of fused-ring (bicyclic) bond motifs is 1. The first-order valence-corrected chi connectivity index (χ1v) is 9.50. The van der Waals surface area contributed by atoms with Gasteiger partial charge in [0.15, 0.2) is 5.65 Å². The van der Waals surface area contributed by atoms with Crippen LogP contribution in [-0.2, 0) is 11.3 Å². The molecular formula is C19H16Cl2F2N4O. The highest BCUT2D eigenvalue weighted by atomic mass is 35.5. The fourth-order valence-corrected chi connectivity index (χ4v) is 3.55. The normalized spacial score (nSPS) is 14.1. The Morgan fingerprint density at radius 3 is 2.79 bits per heavy atom. The highest BCUT2D eigenvalue weighted by molar-refractivity contribution is 6.43. The Labute approximate surface area is 169 Å². The summed E-state index contributed by atoms with van der Waals surface area (Å²) in [5.74, 6) is -0.213. The van der Waals surface area contributed by atoms with Gasteiger partial charge in [-0.25, -0.2) is 18.4 Å². The summed E-state index contributed by atoms with van der Waals surface area (Å²) in [6.45, 7) is 1.45. The number of carbonyl (C=O) groups excluding carboxylic acids is 1. The van der Waals surface area contributed by atoms with E-state index in [1.54, 1.807) is 25.1 Å². The Hall–Kier alpha value is -2.25. The van der Waals surface area contributed by atoms with Crippen molar-refractivity contribution in [2.45, 2.75) is 38.7 Å². The minimum Gasteiger partial charge on any atom is -0.323 e. The molecule has 1 aliphatic rings. The Kier molecular flexibility index (Phi) is 4.97. The van der Waals surface area contributed by atoms with Crippen LogP contribution in [0.2, 0.25) is 10.0 Å². The summed E-state index contributed by atoms with van der Waals surface area (Å²) in [7, 11) is 0. The lowest BCUT2D eigenvalue weighted by atomic mass is 10.1. The fourth-order valence-electron chi connectivity index (χ4n) is 3.20. The van der Waals surface area contributed by atoms with Gasteiger partial charge in [0.1, 0.15) is 6.54 Å². The molecule has 1 fully saturated rings. The maximum atomic E-state index is 13.6. The minimum atomic E-state index is -2.64. The molecular weight excluding hydrogens is 409 g/mol. The summed E-state index contributed by atoms with van der Waals surface area (Å²) in [6.07, 6.45) is -0.775. The molecule has 1 N–H and O–H groups in total. The van der Waals surface area contributed by atoms with Crippen LogP contribution in [0, 0.1) is 6.92 Å². The van der Waals surface area contributed by atoms with E-state index in [2.05, 4.69) is 15.4 Å². The second kappa shape index (κ2) is 7.29. The van der Waals surface area contributed by atoms with E-state index in [4.69, 9.17) is 23.2 Å². The number of pyridine rings is 1. The molecule has 5 nitrogen and oxygen atoms in total. The highest BCUT2D eigenvalue weighted by Crippen LogP contribution is 2.42. The van der Waals surface area contributed by atoms with E-state index in [1.165, 1.54) is 10.7 Å². The molecule has 28 heavy (non-hydrogen) atoms. The number of hydrogen-bond acceptors (Lipinski definition) is 3. The van der Waals surface area contributed by atoms with Gasteiger partial charge in [0, 0.05) is 17.2 Å². The van der Waals surface area contributed by atoms with Crippen LogP contribution in [-0.4, -0.2) is 20.7 Å². The van der Waals surface area contributed by atoms with Gasteiger partial charge in [0.05, 0.1) is 26.8 Å². The number of amides is 1. The van der Waals surface area contributed by atoms with Gasteiger partial charge >= 0.3 is 0 Å². The maximum absolute atomic E-state index is 13.6. The molecule has 4 rings (SSSR count). The zero-order valence-electron chi connectivity index (χ0n) is 14.8. The van der Waals surface area contributed by atoms with Crippen molar-refractivity contribution in [1.29, 1.82) is 0 Å². The molecule has 0 saturated heterocycles. The van der Waals surface area contributed by atoms with E-state index < -0.39 is 12.3 Å². The number of carbonyl (C=O) groups is 1. The summed E-state index contributed by atoms with van der Waals surface area (Å²) >= 11 is 12.0. The number of rotatable bonds is 5. The summed E-state index contributed by atoms with van der Waals surface area (Å²) in [5.41, 5.74) is 1.61. The zero-order chi connectivity index (χ0) is 20.0. The number of anilines is 1. The first-order valence-electron chi connectivity index (χ1n) is 8.75. The van der Waals surface area contributed by atoms with Crippen LogP contribution in [0.1, 0.15) is 42.1 Å². The molecule has 3 aromatic rings. The fraction of sp³-hybridized carbons (Fsp3) is 0.316. The summed E-state index contributed by atoms with van der Waals surface area (Å²) in [6, 6.07) is 6.36. The summed E-state index contributed by atoms with van der Waals surface area (Å²) in [5, 5.41) is 7.79. The van der Waals surface area contributed by atoms with Gasteiger partial charge in [0.25, 0.3) is 6.43 Å². The van der Waals surface area contributed by atoms with Gasteiger partial charge in [-0.3, -0.25) is 4.79 Å². The molecule has 0 unspecified atom stereocenters. The quantitative estimate of drug-likeness (QED) is 0.587. The van der Waals surface area contributed by atoms with E-state index in [1.807, 2.05) is 0 Å². The SMILES string of the molecule is Cc1nn(CC(=O)Nc2cccc(Cl)c2Cl)c2nc(C3CC3)cc(C(F)F)c12. The molecule has 1 aromatic carbocycles. The Balaban J connectivity index is 1.68. The highest BCUT2D eigenvalue weighted by Gasteiger charge is 2.29. The first-order chi connectivity index (χ1) is 13.3. The van der Waals surface area contributed by atoms with Crippen molar-refractivity contribution in [2.75, 3.05) is 5.32 Å². The van der Waals surface area contributed by atoms with Crippen molar-refractivity contribution in [3.63, 3.8) is 0 Å². The molecule has 0 bridgehead atoms. The molecule has 1 saturated carbocycles. The van der Waals surface area contributed by atoms with Crippen LogP contribution in [0.25, 0.3) is 11.0 Å². The topological polar surface area (TPSA) is 59.8 Å². The van der Waals surface area contributed by atoms with Gasteiger partial charge in [0.2, 0.25) is 5.91 Å². The smallest absolute Gasteiger partial charge is 0.264 e. The lowest BCUT2D eigenvalue weighted by molar-refractivity contribution is -0.116. The number of hydrogen-bond donors (Lipinski definition) is 1. The van der Waals surface area contributed by atoms with Gasteiger partial charge in [-0.15, -0.1) is 0 Å². The predicted molar refractivity (Wildman–Crippen MR) is 104 cm³/mol. The van der Waals surface area contributed by atoms with E-state index >= 15 is 0 Å². The third kappa shape index (κ3) is 3.56. The van der Waals surface area contributed by atoms with Gasteiger partial charge < -0.3 is 5.32 Å². The number of nitrogens with one attached hydrogen (secondary N) is 1.